The van der Waals surface area contributed by atoms with Crippen molar-refractivity contribution in [3.05, 3.63) is 102 Å². The van der Waals surface area contributed by atoms with Gasteiger partial charge < -0.3 is 19.5 Å². The van der Waals surface area contributed by atoms with Crippen molar-refractivity contribution in [1.82, 2.24) is 14.9 Å². The molecule has 1 fully saturated rings. The van der Waals surface area contributed by atoms with Gasteiger partial charge in [0.1, 0.15) is 5.75 Å². The maximum Gasteiger partial charge on any atom is 0.264 e. The number of rotatable bonds is 8. The standard InChI is InChI=1S/C28H28ClN5O4S/c1-38-27-12-7-21(17-26(27)29)28(35)33-15-13-32(14-16-33)23-8-10-24(11-9-23)34(19-22-18-30-20-31-22)39(36,37)25-5-3-2-4-6-25/h2-12,17-18,20H,13-16,19H2,1H3,(H,30,31). The third-order valence-electron chi connectivity index (χ3n) is 6.67. The molecule has 5 rings (SSSR count). The van der Waals surface area contributed by atoms with Gasteiger partial charge in [-0.15, -0.1) is 0 Å². The summed E-state index contributed by atoms with van der Waals surface area (Å²) in [5.74, 6) is 0.455. The highest BCUT2D eigenvalue weighted by molar-refractivity contribution is 7.92. The Balaban J connectivity index is 1.29. The first kappa shape index (κ1) is 26.6. The lowest BCUT2D eigenvalue weighted by Crippen LogP contribution is -2.48. The number of anilines is 2. The minimum atomic E-state index is -3.81. The van der Waals surface area contributed by atoms with Gasteiger partial charge in [-0.3, -0.25) is 9.10 Å². The van der Waals surface area contributed by atoms with Crippen molar-refractivity contribution in [2.24, 2.45) is 0 Å². The van der Waals surface area contributed by atoms with E-state index in [-0.39, 0.29) is 17.3 Å². The molecule has 9 nitrogen and oxygen atoms in total. The summed E-state index contributed by atoms with van der Waals surface area (Å²) in [5, 5.41) is 0.401. The van der Waals surface area contributed by atoms with E-state index in [9.17, 15) is 13.2 Å². The number of halogens is 1. The van der Waals surface area contributed by atoms with Crippen molar-refractivity contribution < 1.29 is 17.9 Å². The van der Waals surface area contributed by atoms with Crippen molar-refractivity contribution in [2.45, 2.75) is 11.4 Å². The van der Waals surface area contributed by atoms with Crippen LogP contribution < -0.4 is 13.9 Å². The van der Waals surface area contributed by atoms with Gasteiger partial charge in [-0.05, 0) is 54.6 Å². The first-order valence-corrected chi connectivity index (χ1v) is 14.2. The van der Waals surface area contributed by atoms with Gasteiger partial charge in [0.25, 0.3) is 15.9 Å². The predicted molar refractivity (Wildman–Crippen MR) is 151 cm³/mol. The molecule has 0 saturated carbocycles. The van der Waals surface area contributed by atoms with Crippen molar-refractivity contribution in [1.29, 1.82) is 0 Å². The van der Waals surface area contributed by atoms with E-state index in [0.717, 1.165) is 5.69 Å². The average molecular weight is 566 g/mol. The Morgan fingerprint density at radius 3 is 2.36 bits per heavy atom. The summed E-state index contributed by atoms with van der Waals surface area (Å²) in [6.45, 7) is 2.52. The maximum atomic E-state index is 13.5. The lowest BCUT2D eigenvalue weighted by Gasteiger charge is -2.36. The van der Waals surface area contributed by atoms with E-state index in [4.69, 9.17) is 16.3 Å². The summed E-state index contributed by atoms with van der Waals surface area (Å²) in [5.41, 5.74) is 2.70. The number of nitrogens with zero attached hydrogens (tertiary/aromatic N) is 4. The number of amides is 1. The van der Waals surface area contributed by atoms with E-state index in [0.29, 0.717) is 53.9 Å². The second kappa shape index (κ2) is 11.4. The van der Waals surface area contributed by atoms with E-state index < -0.39 is 10.0 Å². The van der Waals surface area contributed by atoms with Gasteiger partial charge in [0.05, 0.1) is 41.3 Å². The SMILES string of the molecule is COc1ccc(C(=O)N2CCN(c3ccc(N(Cc4cnc[nH]4)S(=O)(=O)c4ccccc4)cc3)CC2)cc1Cl. The number of imidazole rings is 1. The predicted octanol–water partition coefficient (Wildman–Crippen LogP) is 4.43. The zero-order valence-electron chi connectivity index (χ0n) is 21.3. The van der Waals surface area contributed by atoms with Gasteiger partial charge in [0.15, 0.2) is 0 Å². The van der Waals surface area contributed by atoms with Crippen LogP contribution in [-0.4, -0.2) is 62.5 Å². The van der Waals surface area contributed by atoms with Gasteiger partial charge >= 0.3 is 0 Å². The van der Waals surface area contributed by atoms with Crippen molar-refractivity contribution in [3.8, 4) is 5.75 Å². The summed E-state index contributed by atoms with van der Waals surface area (Å²) in [7, 11) is -2.27. The number of sulfonamides is 1. The third-order valence-corrected chi connectivity index (χ3v) is 8.75. The van der Waals surface area contributed by atoms with Crippen LogP contribution in [0.2, 0.25) is 5.02 Å². The Bertz CT molecular complexity index is 1520. The molecule has 4 aromatic rings. The van der Waals surface area contributed by atoms with Crippen LogP contribution >= 0.6 is 11.6 Å². The van der Waals surface area contributed by atoms with Crippen molar-refractivity contribution >= 4 is 38.9 Å². The van der Waals surface area contributed by atoms with E-state index in [1.54, 1.807) is 54.7 Å². The normalized spacial score (nSPS) is 13.8. The number of methoxy groups -OCH3 is 1. The van der Waals surface area contributed by atoms with Crippen molar-refractivity contribution in [2.75, 3.05) is 42.5 Å². The van der Waals surface area contributed by atoms with Gasteiger partial charge in [-0.25, -0.2) is 13.4 Å². The number of piperazine rings is 1. The number of hydrogen-bond acceptors (Lipinski definition) is 6. The number of aromatic nitrogens is 2. The average Bonchev–Trinajstić information content (AvgIpc) is 3.50. The maximum absolute atomic E-state index is 13.5. The summed E-state index contributed by atoms with van der Waals surface area (Å²) >= 11 is 6.20. The van der Waals surface area contributed by atoms with Crippen LogP contribution in [0.3, 0.4) is 0 Å². The molecule has 0 radical (unpaired) electrons. The number of ether oxygens (including phenoxy) is 1. The molecule has 1 aromatic heterocycles. The Labute approximate surface area is 232 Å². The molecule has 1 N–H and O–H groups in total. The van der Waals surface area contributed by atoms with Gasteiger partial charge in [0.2, 0.25) is 0 Å². The van der Waals surface area contributed by atoms with Crippen LogP contribution in [0.25, 0.3) is 0 Å². The quantitative estimate of drug-likeness (QED) is 0.339. The lowest BCUT2D eigenvalue weighted by molar-refractivity contribution is 0.0746. The van der Waals surface area contributed by atoms with Gasteiger partial charge in [-0.2, -0.15) is 0 Å². The molecule has 1 aliphatic rings. The minimum absolute atomic E-state index is 0.0740. The van der Waals surface area contributed by atoms with Crippen molar-refractivity contribution in [3.63, 3.8) is 0 Å². The highest BCUT2D eigenvalue weighted by Crippen LogP contribution is 2.29. The first-order valence-electron chi connectivity index (χ1n) is 12.4. The number of hydrogen-bond donors (Lipinski definition) is 1. The topological polar surface area (TPSA) is 98.8 Å². The molecule has 3 aromatic carbocycles. The molecule has 0 unspecified atom stereocenters. The fraction of sp³-hybridized carbons (Fsp3) is 0.214. The Kier molecular flexibility index (Phi) is 7.76. The van der Waals surface area contributed by atoms with E-state index in [1.807, 2.05) is 29.2 Å². The minimum Gasteiger partial charge on any atom is -0.495 e. The Morgan fingerprint density at radius 1 is 1.03 bits per heavy atom. The van der Waals surface area contributed by atoms with E-state index in [2.05, 4.69) is 14.9 Å². The van der Waals surface area contributed by atoms with Crippen LogP contribution in [0.1, 0.15) is 16.1 Å². The van der Waals surface area contributed by atoms with E-state index in [1.165, 1.54) is 17.7 Å². The molecule has 202 valence electrons. The number of nitrogens with one attached hydrogen (secondary N) is 1. The molecule has 1 aliphatic heterocycles. The molecule has 39 heavy (non-hydrogen) atoms. The number of carbonyl (C=O) groups excluding carboxylic acids is 1. The molecule has 11 heteroatoms. The van der Waals surface area contributed by atoms with Gasteiger partial charge in [0, 0.05) is 43.6 Å². The molecule has 0 bridgehead atoms. The van der Waals surface area contributed by atoms with Crippen LogP contribution in [0.5, 0.6) is 5.75 Å². The fourth-order valence-corrected chi connectivity index (χ4v) is 6.26. The molecule has 0 atom stereocenters. The zero-order chi connectivity index (χ0) is 27.4. The molecule has 0 aliphatic carbocycles. The summed E-state index contributed by atoms with van der Waals surface area (Å²) < 4.78 is 33.6. The monoisotopic (exact) mass is 565 g/mol. The molecule has 1 amide bonds. The van der Waals surface area contributed by atoms with Crippen LogP contribution in [0.15, 0.2) is 90.2 Å². The third kappa shape index (κ3) is 5.71. The number of H-pyrrole nitrogens is 1. The van der Waals surface area contributed by atoms with E-state index >= 15 is 0 Å². The number of carbonyl (C=O) groups is 1. The Morgan fingerprint density at radius 2 is 1.74 bits per heavy atom. The first-order chi connectivity index (χ1) is 18.9. The second-order valence-electron chi connectivity index (χ2n) is 9.05. The summed E-state index contributed by atoms with van der Waals surface area (Å²) in [4.78, 5) is 24.2. The molecule has 0 spiro atoms. The molecule has 2 heterocycles. The zero-order valence-corrected chi connectivity index (χ0v) is 22.9. The number of aromatic amines is 1. The molecule has 1 saturated heterocycles. The highest BCUT2D eigenvalue weighted by atomic mass is 35.5. The largest absolute Gasteiger partial charge is 0.495 e. The summed E-state index contributed by atoms with van der Waals surface area (Å²) in [6.07, 6.45) is 3.14. The van der Waals surface area contributed by atoms with Gasteiger partial charge in [-0.1, -0.05) is 29.8 Å². The fourth-order valence-electron chi connectivity index (χ4n) is 4.54. The van der Waals surface area contributed by atoms with Crippen LogP contribution in [0.4, 0.5) is 11.4 Å². The lowest BCUT2D eigenvalue weighted by atomic mass is 10.1. The smallest absolute Gasteiger partial charge is 0.264 e. The molecular formula is C28H28ClN5O4S. The highest BCUT2D eigenvalue weighted by Gasteiger charge is 2.27. The molecular weight excluding hydrogens is 538 g/mol. The number of benzene rings is 3. The van der Waals surface area contributed by atoms with Crippen LogP contribution in [0, 0.1) is 0 Å². The summed E-state index contributed by atoms with van der Waals surface area (Å²) in [6, 6.07) is 20.9. The second-order valence-corrected chi connectivity index (χ2v) is 11.3. The van der Waals surface area contributed by atoms with Crippen LogP contribution in [-0.2, 0) is 16.6 Å². The Hall–Kier alpha value is -4.02.